The molecule has 0 saturated carbocycles. The lowest BCUT2D eigenvalue weighted by atomic mass is 10.5. The second-order valence-corrected chi connectivity index (χ2v) is 9.12. The molecule has 0 atom stereocenters. The molecule has 0 aliphatic heterocycles. The van der Waals surface area contributed by atoms with Crippen LogP contribution < -0.4 is 4.57 Å². The monoisotopic (exact) mass is 206 g/mol. The van der Waals surface area contributed by atoms with Crippen molar-refractivity contribution in [1.29, 1.82) is 5.26 Å². The molecule has 5 heteroatoms. The van der Waals surface area contributed by atoms with Crippen LogP contribution in [0.3, 0.4) is 0 Å². The molecule has 0 N–H and O–H groups in total. The zero-order valence-electron chi connectivity index (χ0n) is 8.94. The van der Waals surface area contributed by atoms with E-state index in [2.05, 4.69) is 34.2 Å². The molecule has 0 bridgehead atoms. The molecule has 0 aliphatic carbocycles. The van der Waals surface area contributed by atoms with Gasteiger partial charge in [0.05, 0.1) is 18.1 Å². The number of aromatic nitrogens is 2. The van der Waals surface area contributed by atoms with Gasteiger partial charge in [0.15, 0.2) is 0 Å². The Kier molecular flexibility index (Phi) is 2.86. The normalized spacial score (nSPS) is 10.8. The van der Waals surface area contributed by atoms with Gasteiger partial charge in [-0.2, -0.15) is 5.26 Å². The average Bonchev–Trinajstić information content (AvgIpc) is 2.15. The van der Waals surface area contributed by atoms with Gasteiger partial charge in [0.25, 0.3) is 0 Å². The number of nitrogens with zero attached hydrogens (tertiary/aromatic N) is 4. The highest BCUT2D eigenvalue weighted by molar-refractivity contribution is 6.79. The first kappa shape index (κ1) is 10.7. The summed E-state index contributed by atoms with van der Waals surface area (Å²) in [6, 6.07) is 1.90. The first-order valence-corrected chi connectivity index (χ1v) is 7.86. The van der Waals surface area contributed by atoms with Crippen molar-refractivity contribution in [1.82, 2.24) is 9.97 Å². The Balaban J connectivity index is 2.94. The molecule has 1 rings (SSSR count). The van der Waals surface area contributed by atoms with Gasteiger partial charge in [-0.15, -0.1) is 0 Å². The third kappa shape index (κ3) is 2.30. The SMILES string of the molecule is CN(c1cnc(C#N)nc1)[Si](C)(C)C. The van der Waals surface area contributed by atoms with Crippen molar-refractivity contribution < 1.29 is 0 Å². The van der Waals surface area contributed by atoms with Gasteiger partial charge in [0.2, 0.25) is 5.82 Å². The van der Waals surface area contributed by atoms with Gasteiger partial charge in [-0.25, -0.2) is 9.97 Å². The van der Waals surface area contributed by atoms with E-state index in [1.807, 2.05) is 13.1 Å². The van der Waals surface area contributed by atoms with E-state index in [0.29, 0.717) is 0 Å². The average molecular weight is 206 g/mol. The smallest absolute Gasteiger partial charge is 0.232 e. The van der Waals surface area contributed by atoms with E-state index >= 15 is 0 Å². The minimum atomic E-state index is -1.36. The Morgan fingerprint density at radius 1 is 1.29 bits per heavy atom. The van der Waals surface area contributed by atoms with E-state index in [0.717, 1.165) is 5.69 Å². The third-order valence-corrected chi connectivity index (χ3v) is 4.40. The molecule has 0 saturated heterocycles. The van der Waals surface area contributed by atoms with Crippen molar-refractivity contribution in [3.8, 4) is 6.07 Å². The van der Waals surface area contributed by atoms with Crippen molar-refractivity contribution in [3.63, 3.8) is 0 Å². The van der Waals surface area contributed by atoms with Crippen LogP contribution in [0.15, 0.2) is 12.4 Å². The highest BCUT2D eigenvalue weighted by atomic mass is 28.3. The number of anilines is 1. The van der Waals surface area contributed by atoms with Crippen LogP contribution in [0.4, 0.5) is 5.69 Å². The Labute approximate surface area is 85.3 Å². The van der Waals surface area contributed by atoms with Crippen molar-refractivity contribution >= 4 is 13.9 Å². The second kappa shape index (κ2) is 3.76. The van der Waals surface area contributed by atoms with Crippen LogP contribution in [0.5, 0.6) is 0 Å². The molecule has 74 valence electrons. The lowest BCUT2D eigenvalue weighted by Gasteiger charge is -2.31. The van der Waals surface area contributed by atoms with E-state index in [4.69, 9.17) is 5.26 Å². The quantitative estimate of drug-likeness (QED) is 0.690. The Morgan fingerprint density at radius 2 is 1.79 bits per heavy atom. The summed E-state index contributed by atoms with van der Waals surface area (Å²) in [5.41, 5.74) is 0.975. The first-order valence-electron chi connectivity index (χ1n) is 4.41. The van der Waals surface area contributed by atoms with Crippen LogP contribution >= 0.6 is 0 Å². The maximum Gasteiger partial charge on any atom is 0.232 e. The van der Waals surface area contributed by atoms with Crippen molar-refractivity contribution in [2.45, 2.75) is 19.6 Å². The molecule has 0 unspecified atom stereocenters. The van der Waals surface area contributed by atoms with E-state index < -0.39 is 8.24 Å². The summed E-state index contributed by atoms with van der Waals surface area (Å²) in [4.78, 5) is 7.88. The van der Waals surface area contributed by atoms with Crippen LogP contribution in [0.1, 0.15) is 5.82 Å². The standard InChI is InChI=1S/C9H14N4Si/c1-13(14(2,3)4)8-6-11-9(5-10)12-7-8/h6-7H,1-4H3. The highest BCUT2D eigenvalue weighted by Gasteiger charge is 2.20. The van der Waals surface area contributed by atoms with Crippen molar-refractivity contribution in [2.24, 2.45) is 0 Å². The molecular weight excluding hydrogens is 192 g/mol. The predicted octanol–water partition coefficient (Wildman–Crippen LogP) is 1.62. The summed E-state index contributed by atoms with van der Waals surface area (Å²) in [6.07, 6.45) is 3.40. The van der Waals surface area contributed by atoms with E-state index in [1.54, 1.807) is 12.4 Å². The van der Waals surface area contributed by atoms with E-state index in [1.165, 1.54) is 0 Å². The first-order chi connectivity index (χ1) is 6.45. The largest absolute Gasteiger partial charge is 0.398 e. The number of hydrogen-bond acceptors (Lipinski definition) is 4. The minimum absolute atomic E-state index is 0.220. The molecule has 1 aromatic heterocycles. The molecular formula is C9H14N4Si. The zero-order chi connectivity index (χ0) is 10.8. The second-order valence-electron chi connectivity index (χ2n) is 4.11. The van der Waals surface area contributed by atoms with Crippen molar-refractivity contribution in [2.75, 3.05) is 11.6 Å². The maximum absolute atomic E-state index is 8.55. The molecule has 1 aromatic rings. The predicted molar refractivity (Wildman–Crippen MR) is 58.5 cm³/mol. The summed E-state index contributed by atoms with van der Waals surface area (Å²) in [6.45, 7) is 6.72. The molecule has 0 aliphatic rings. The fourth-order valence-corrected chi connectivity index (χ4v) is 1.83. The van der Waals surface area contributed by atoms with Gasteiger partial charge in [-0.1, -0.05) is 19.6 Å². The van der Waals surface area contributed by atoms with E-state index in [-0.39, 0.29) is 5.82 Å². The zero-order valence-corrected chi connectivity index (χ0v) is 9.94. The molecule has 1 heterocycles. The van der Waals surface area contributed by atoms with Gasteiger partial charge in [0, 0.05) is 0 Å². The van der Waals surface area contributed by atoms with Crippen LogP contribution in [0.2, 0.25) is 19.6 Å². The number of hydrogen-bond donors (Lipinski definition) is 0. The van der Waals surface area contributed by atoms with Gasteiger partial charge in [0.1, 0.15) is 14.3 Å². The van der Waals surface area contributed by atoms with Gasteiger partial charge in [-0.05, 0) is 7.05 Å². The number of rotatable bonds is 2. The molecule has 0 spiro atoms. The summed E-state index contributed by atoms with van der Waals surface area (Å²) < 4.78 is 2.20. The molecule has 0 fully saturated rings. The summed E-state index contributed by atoms with van der Waals surface area (Å²) >= 11 is 0. The lowest BCUT2D eigenvalue weighted by molar-refractivity contribution is 1.08. The Morgan fingerprint density at radius 3 is 2.14 bits per heavy atom. The lowest BCUT2D eigenvalue weighted by Crippen LogP contribution is -2.43. The maximum atomic E-state index is 8.55. The molecule has 0 aromatic carbocycles. The van der Waals surface area contributed by atoms with Crippen LogP contribution in [-0.4, -0.2) is 25.3 Å². The molecule has 0 amide bonds. The summed E-state index contributed by atoms with van der Waals surface area (Å²) in [5, 5.41) is 8.55. The van der Waals surface area contributed by atoms with Gasteiger partial charge < -0.3 is 4.57 Å². The summed E-state index contributed by atoms with van der Waals surface area (Å²) in [7, 11) is 0.680. The summed E-state index contributed by atoms with van der Waals surface area (Å²) in [5.74, 6) is 0.220. The Bertz CT molecular complexity index is 347. The fourth-order valence-electron chi connectivity index (χ4n) is 0.939. The molecule has 0 radical (unpaired) electrons. The third-order valence-electron chi connectivity index (χ3n) is 2.13. The Hall–Kier alpha value is -1.41. The van der Waals surface area contributed by atoms with Gasteiger partial charge >= 0.3 is 0 Å². The van der Waals surface area contributed by atoms with Crippen LogP contribution in [0.25, 0.3) is 0 Å². The highest BCUT2D eigenvalue weighted by Crippen LogP contribution is 2.16. The topological polar surface area (TPSA) is 52.8 Å². The molecule has 4 nitrogen and oxygen atoms in total. The fraction of sp³-hybridized carbons (Fsp3) is 0.444. The minimum Gasteiger partial charge on any atom is -0.398 e. The molecule has 14 heavy (non-hydrogen) atoms. The number of nitriles is 1. The van der Waals surface area contributed by atoms with Crippen molar-refractivity contribution in [3.05, 3.63) is 18.2 Å². The van der Waals surface area contributed by atoms with Crippen LogP contribution in [-0.2, 0) is 0 Å². The van der Waals surface area contributed by atoms with Crippen LogP contribution in [0, 0.1) is 11.3 Å². The van der Waals surface area contributed by atoms with E-state index in [9.17, 15) is 0 Å². The van der Waals surface area contributed by atoms with Gasteiger partial charge in [-0.3, -0.25) is 0 Å².